The number of amides is 2. The first-order valence-electron chi connectivity index (χ1n) is 23.1. The van der Waals surface area contributed by atoms with Gasteiger partial charge < -0.3 is 0 Å². The maximum absolute atomic E-state index is 14.0. The first-order valence-corrected chi connectivity index (χ1v) is 25.2. The van der Waals surface area contributed by atoms with Crippen molar-refractivity contribution in [3.8, 4) is 47.2 Å². The predicted molar refractivity (Wildman–Crippen MR) is 254 cm³/mol. The van der Waals surface area contributed by atoms with Crippen LogP contribution in [0.4, 0.5) is 9.59 Å². The zero-order chi connectivity index (χ0) is 51.5. The van der Waals surface area contributed by atoms with Crippen molar-refractivity contribution < 1.29 is 79.6 Å². The number of ether oxygens (including phenoxy) is 6. The van der Waals surface area contributed by atoms with E-state index >= 15 is 0 Å². The maximum atomic E-state index is 14.0. The molecule has 4 aromatic carbocycles. The van der Waals surface area contributed by atoms with Crippen molar-refractivity contribution in [2.75, 3.05) is 41.5 Å². The van der Waals surface area contributed by atoms with Gasteiger partial charge in [0.25, 0.3) is 0 Å². The Morgan fingerprint density at radius 3 is 1.30 bits per heavy atom. The predicted octanol–water partition coefficient (Wildman–Crippen LogP) is 1.96. The first kappa shape index (κ1) is 49.1. The number of aliphatic hydroxyl groups is 4. The molecule has 6 aromatic rings. The number of carbonyl (C=O) groups excluding carboxylic acids is 2. The number of methoxy groups -OCH3 is 4. The van der Waals surface area contributed by atoms with Crippen LogP contribution < -0.4 is 60.3 Å². The second kappa shape index (κ2) is 18.8. The fourth-order valence-electron chi connectivity index (χ4n) is 11.9. The van der Waals surface area contributed by atoms with Crippen molar-refractivity contribution >= 4 is 7.83 Å². The van der Waals surface area contributed by atoms with Crippen LogP contribution in [0.2, 0.25) is 0 Å². The van der Waals surface area contributed by atoms with Gasteiger partial charge >= 0.3 is 431 Å². The van der Waals surface area contributed by atoms with E-state index in [-0.39, 0.29) is 59.2 Å². The number of rotatable bonds is 14. The van der Waals surface area contributed by atoms with Gasteiger partial charge in [-0.3, -0.25) is 0 Å². The molecule has 10 rings (SSSR count). The molecule has 10 atom stereocenters. The van der Waals surface area contributed by atoms with Crippen LogP contribution in [0.15, 0.2) is 121 Å². The summed E-state index contributed by atoms with van der Waals surface area (Å²) < 4.78 is 34.9. The Morgan fingerprint density at radius 1 is 0.603 bits per heavy atom. The van der Waals surface area contributed by atoms with Crippen molar-refractivity contribution in [1.82, 2.24) is 20.6 Å². The zero-order valence-electron chi connectivity index (χ0n) is 39.6. The second-order valence-electron chi connectivity index (χ2n) is 18.1. The Balaban J connectivity index is 0.957. The van der Waals surface area contributed by atoms with Gasteiger partial charge in [-0.2, -0.15) is 0 Å². The van der Waals surface area contributed by atoms with Gasteiger partial charge in [-0.05, 0) is 0 Å². The topological polar surface area (TPSA) is 268 Å². The fourth-order valence-corrected chi connectivity index (χ4v) is 13.2. The summed E-state index contributed by atoms with van der Waals surface area (Å²) in [4.78, 5) is 37.0. The Morgan fingerprint density at radius 2 is 0.973 bits per heavy atom. The minimum absolute atomic E-state index is 0.0577. The molecule has 0 bridgehead atoms. The number of hydrogen-bond donors (Lipinski definition) is 6. The van der Waals surface area contributed by atoms with Crippen LogP contribution in [0.5, 0.6) is 35.0 Å². The van der Waals surface area contributed by atoms with Crippen molar-refractivity contribution in [3.63, 3.8) is 0 Å². The van der Waals surface area contributed by atoms with Gasteiger partial charge in [-0.15, -0.1) is 0 Å². The summed E-state index contributed by atoms with van der Waals surface area (Å²) in [6.45, 7) is -0.459. The summed E-state index contributed by atoms with van der Waals surface area (Å²) in [6, 6.07) is 38.4. The summed E-state index contributed by atoms with van der Waals surface area (Å²) in [5, 5.41) is 77.1. The molecule has 2 fully saturated rings. The molecule has 18 nitrogen and oxygen atoms in total. The number of aliphatic hydroxyl groups excluding tert-OH is 2. The van der Waals surface area contributed by atoms with Crippen LogP contribution in [-0.2, 0) is 22.4 Å². The average molecular weight is 1100 g/mol. The average Bonchev–Trinajstić information content (AvgIpc) is 3.99. The summed E-state index contributed by atoms with van der Waals surface area (Å²) in [5.41, 5.74) is -5.17. The van der Waals surface area contributed by atoms with Crippen molar-refractivity contribution in [3.05, 3.63) is 166 Å². The normalized spacial score (nSPS) is 27.9. The number of carbonyl (C=O) groups is 2. The molecule has 2 amide bonds. The minimum atomic E-state index is -2.27. The number of hydrogen-bond acceptors (Lipinski definition) is 16. The Hall–Kier alpha value is -7.53. The van der Waals surface area contributed by atoms with E-state index in [0.717, 1.165) is 0 Å². The number of nitriles is 2. The van der Waals surface area contributed by atoms with Crippen LogP contribution in [0.25, 0.3) is 0 Å². The standard InChI is InChI=1S/C54H48IN6O12/c1-68-39-23-37-43(47(60-39)70-3)51(66)45(62)35(41(31-11-7-5-8-12-31)53(51,72-37)33-19-15-29(25-56)16-20-33)27-58-49(64)55-50(65)59-28-36-42(32-13-9-6-10-14-32)54(34-21-17-30(26-57)18-22-34)52(67,46(36)63)44-38(73-54)24-40(69-2)61-48(44)71-4/h5-24,35-36,41-42,45-46,62-63,66-67H,27-28H2,1-4H3,(H,58,64)(H,59,65)/q-1. The molecule has 2 aliphatic heterocycles. The molecule has 19 heteroatoms. The van der Waals surface area contributed by atoms with E-state index in [4.69, 9.17) is 28.4 Å². The van der Waals surface area contributed by atoms with Gasteiger partial charge in [0, 0.05) is 0 Å². The summed E-state index contributed by atoms with van der Waals surface area (Å²) in [5.74, 6) is -3.26. The number of nitrogens with zero attached hydrogens (tertiary/aromatic N) is 4. The quantitative estimate of drug-likeness (QED) is 0.0517. The Bertz CT molecular complexity index is 2980. The molecular weight excluding hydrogens is 1050 g/mol. The van der Waals surface area contributed by atoms with Gasteiger partial charge in [-0.1, -0.05) is 0 Å². The van der Waals surface area contributed by atoms with Crippen molar-refractivity contribution in [2.24, 2.45) is 11.8 Å². The molecule has 4 aliphatic rings. The molecule has 374 valence electrons. The Labute approximate surface area is 429 Å². The molecule has 0 spiro atoms. The molecule has 10 unspecified atom stereocenters. The van der Waals surface area contributed by atoms with Gasteiger partial charge in [0.1, 0.15) is 0 Å². The van der Waals surface area contributed by atoms with Gasteiger partial charge in [-0.25, -0.2) is 0 Å². The number of fused-ring (bicyclic) bond motifs is 6. The van der Waals surface area contributed by atoms with Crippen LogP contribution >= 0.6 is 0 Å². The van der Waals surface area contributed by atoms with E-state index in [1.165, 1.54) is 40.6 Å². The molecule has 0 radical (unpaired) electrons. The van der Waals surface area contributed by atoms with E-state index in [1.807, 2.05) is 36.4 Å². The van der Waals surface area contributed by atoms with E-state index < -0.39 is 87.3 Å². The molecule has 0 saturated heterocycles. The number of aromatic nitrogens is 2. The fraction of sp³-hybridized carbons (Fsp3) is 0.296. The van der Waals surface area contributed by atoms with Gasteiger partial charge in [0.05, 0.1) is 0 Å². The number of benzene rings is 4. The number of nitrogens with one attached hydrogen (secondary N) is 2. The van der Waals surface area contributed by atoms with Crippen LogP contribution in [-0.4, -0.2) is 92.0 Å². The van der Waals surface area contributed by atoms with E-state index in [9.17, 15) is 40.5 Å². The van der Waals surface area contributed by atoms with Crippen LogP contribution in [0, 0.1) is 34.5 Å². The molecular formula is C54H48IN6O12-. The number of halogens is 1. The Kier molecular flexibility index (Phi) is 12.7. The SMILES string of the molecule is COc1cc2c(c(OC)n1)C1(O)C(O)C(CNC(=O)[I-]C(=O)NCC3C(O)C4(O)c5c(cc(OC)nc5OC)OC4(c4ccc(C#N)cc4)C3c3ccccc3)C(c3ccccc3)C1(c1ccc(C#N)cc1)O2. The van der Waals surface area contributed by atoms with E-state index in [2.05, 4.69) is 32.7 Å². The third kappa shape index (κ3) is 7.24. The van der Waals surface area contributed by atoms with Crippen LogP contribution in [0.3, 0.4) is 0 Å². The van der Waals surface area contributed by atoms with E-state index in [1.54, 1.807) is 72.8 Å². The summed E-state index contributed by atoms with van der Waals surface area (Å²) in [6.07, 6.45) is -3.30. The van der Waals surface area contributed by atoms with Gasteiger partial charge in [0.2, 0.25) is 0 Å². The monoisotopic (exact) mass is 1100 g/mol. The molecule has 6 N–H and O–H groups in total. The molecule has 2 saturated carbocycles. The number of pyridine rings is 2. The van der Waals surface area contributed by atoms with Gasteiger partial charge in [0.15, 0.2) is 0 Å². The van der Waals surface area contributed by atoms with Crippen molar-refractivity contribution in [2.45, 2.75) is 46.4 Å². The summed E-state index contributed by atoms with van der Waals surface area (Å²) >= 11 is -2.00. The third-order valence-electron chi connectivity index (χ3n) is 14.8. The van der Waals surface area contributed by atoms with E-state index in [0.29, 0.717) is 33.4 Å². The molecule has 2 aromatic heterocycles. The third-order valence-corrected chi connectivity index (χ3v) is 16.6. The first-order chi connectivity index (χ1) is 35.3. The van der Waals surface area contributed by atoms with Crippen molar-refractivity contribution in [1.29, 1.82) is 10.5 Å². The molecule has 73 heavy (non-hydrogen) atoms. The second-order valence-corrected chi connectivity index (χ2v) is 20.6. The summed E-state index contributed by atoms with van der Waals surface area (Å²) in [7, 11) is 5.57. The zero-order valence-corrected chi connectivity index (χ0v) is 41.8. The van der Waals surface area contributed by atoms with Crippen LogP contribution in [0.1, 0.15) is 56.3 Å². The molecule has 4 heterocycles. The molecule has 2 aliphatic carbocycles.